The summed E-state index contributed by atoms with van der Waals surface area (Å²) in [6.45, 7) is 2.04. The van der Waals surface area contributed by atoms with Crippen LogP contribution in [-0.4, -0.2) is 30.5 Å². The van der Waals surface area contributed by atoms with Crippen LogP contribution in [-0.2, 0) is 17.8 Å². The minimum Gasteiger partial charge on any atom is -0.494 e. The number of hydrogen-bond donors (Lipinski definition) is 1. The van der Waals surface area contributed by atoms with Gasteiger partial charge in [-0.15, -0.1) is 0 Å². The molecule has 0 spiro atoms. The molecule has 0 radical (unpaired) electrons. The maximum atomic E-state index is 14.6. The smallest absolute Gasteiger partial charge is 0.217 e. The Morgan fingerprint density at radius 1 is 0.846 bits per heavy atom. The van der Waals surface area contributed by atoms with Crippen molar-refractivity contribution in [1.82, 2.24) is 4.90 Å². The van der Waals surface area contributed by atoms with E-state index in [2.05, 4.69) is 29.2 Å². The molecule has 1 amide bonds. The molecule has 39 heavy (non-hydrogen) atoms. The first-order chi connectivity index (χ1) is 19.0. The van der Waals surface area contributed by atoms with E-state index in [0.29, 0.717) is 44.5 Å². The number of nitrogens with two attached hydrogens (primary N) is 1. The van der Waals surface area contributed by atoms with Crippen molar-refractivity contribution in [3.05, 3.63) is 137 Å². The molecule has 6 heteroatoms. The van der Waals surface area contributed by atoms with Gasteiger partial charge in [0, 0.05) is 37.5 Å². The second-order valence-corrected chi connectivity index (χ2v) is 9.66. The van der Waals surface area contributed by atoms with Gasteiger partial charge in [0.1, 0.15) is 17.4 Å². The van der Waals surface area contributed by atoms with Crippen LogP contribution >= 0.6 is 0 Å². The summed E-state index contributed by atoms with van der Waals surface area (Å²) >= 11 is 0. The monoisotopic (exact) mass is 528 g/mol. The third-order valence-electron chi connectivity index (χ3n) is 6.72. The first-order valence-corrected chi connectivity index (χ1v) is 13.2. The lowest BCUT2D eigenvalue weighted by molar-refractivity contribution is -0.117. The van der Waals surface area contributed by atoms with Gasteiger partial charge in [-0.05, 0) is 59.9 Å². The van der Waals surface area contributed by atoms with E-state index in [-0.39, 0.29) is 18.4 Å². The maximum absolute atomic E-state index is 14.6. The molecule has 0 aliphatic heterocycles. The van der Waals surface area contributed by atoms with Gasteiger partial charge in [-0.25, -0.2) is 8.78 Å². The number of halogens is 2. The zero-order valence-electron chi connectivity index (χ0n) is 21.9. The fourth-order valence-electron chi connectivity index (χ4n) is 4.67. The molecule has 2 N–H and O–H groups in total. The molecule has 0 aliphatic rings. The number of primary amides is 1. The van der Waals surface area contributed by atoms with Gasteiger partial charge in [0.25, 0.3) is 0 Å². The molecule has 4 aromatic rings. The van der Waals surface area contributed by atoms with E-state index in [4.69, 9.17) is 10.5 Å². The largest absolute Gasteiger partial charge is 0.494 e. The van der Waals surface area contributed by atoms with Crippen LogP contribution in [0.5, 0.6) is 5.75 Å². The van der Waals surface area contributed by atoms with Gasteiger partial charge in [-0.2, -0.15) is 0 Å². The number of aryl methyl sites for hydroxylation is 1. The summed E-state index contributed by atoms with van der Waals surface area (Å²) in [4.78, 5) is 13.2. The summed E-state index contributed by atoms with van der Waals surface area (Å²) in [5.41, 5.74) is 8.93. The van der Waals surface area contributed by atoms with Crippen LogP contribution in [0.1, 0.15) is 41.0 Å². The van der Waals surface area contributed by atoms with Crippen molar-refractivity contribution in [2.75, 3.05) is 19.7 Å². The highest BCUT2D eigenvalue weighted by Crippen LogP contribution is 2.27. The van der Waals surface area contributed by atoms with Gasteiger partial charge in [-0.3, -0.25) is 9.69 Å². The molecular weight excluding hydrogens is 494 g/mol. The van der Waals surface area contributed by atoms with E-state index in [1.165, 1.54) is 23.3 Å². The Bertz CT molecular complexity index is 1280. The Labute approximate surface area is 229 Å². The summed E-state index contributed by atoms with van der Waals surface area (Å²) in [6, 6.07) is 31.7. The van der Waals surface area contributed by atoms with Crippen molar-refractivity contribution in [2.24, 2.45) is 5.73 Å². The van der Waals surface area contributed by atoms with Gasteiger partial charge >= 0.3 is 0 Å². The zero-order valence-corrected chi connectivity index (χ0v) is 21.9. The first kappa shape index (κ1) is 28.0. The summed E-state index contributed by atoms with van der Waals surface area (Å²) < 4.78 is 34.5. The fraction of sp³-hybridized carbons (Fsp3) is 0.242. The molecule has 0 fully saturated rings. The van der Waals surface area contributed by atoms with Crippen LogP contribution in [0.3, 0.4) is 0 Å². The summed E-state index contributed by atoms with van der Waals surface area (Å²) in [5, 5.41) is 0. The number of nitrogens with zero attached hydrogens (tertiary/aromatic N) is 1. The quantitative estimate of drug-likeness (QED) is 0.191. The number of rotatable bonds is 14. The molecule has 4 nitrogen and oxygen atoms in total. The van der Waals surface area contributed by atoms with Crippen molar-refractivity contribution < 1.29 is 18.3 Å². The van der Waals surface area contributed by atoms with Gasteiger partial charge in [0.15, 0.2) is 0 Å². The molecular formula is C33H34F2N2O2. The van der Waals surface area contributed by atoms with Crippen LogP contribution in [0.25, 0.3) is 0 Å². The topological polar surface area (TPSA) is 55.6 Å². The molecule has 4 aromatic carbocycles. The average molecular weight is 529 g/mol. The fourth-order valence-corrected chi connectivity index (χ4v) is 4.67. The molecule has 0 unspecified atom stereocenters. The zero-order chi connectivity index (χ0) is 27.5. The summed E-state index contributed by atoms with van der Waals surface area (Å²) in [6.07, 6.45) is 1.62. The van der Waals surface area contributed by atoms with Crippen LogP contribution in [0, 0.1) is 11.6 Å². The Hall–Kier alpha value is -4.03. The lowest BCUT2D eigenvalue weighted by Crippen LogP contribution is -2.31. The Kier molecular flexibility index (Phi) is 10.2. The number of benzene rings is 4. The van der Waals surface area contributed by atoms with Crippen molar-refractivity contribution in [2.45, 2.75) is 31.7 Å². The normalized spacial score (nSPS) is 11.2. The number of amides is 1. The lowest BCUT2D eigenvalue weighted by Gasteiger charge is -2.28. The molecule has 0 atom stereocenters. The molecule has 4 rings (SSSR count). The van der Waals surface area contributed by atoms with Crippen LogP contribution in [0.2, 0.25) is 0 Å². The number of carbonyl (C=O) groups excluding carboxylic acids is 1. The third-order valence-corrected chi connectivity index (χ3v) is 6.72. The first-order valence-electron chi connectivity index (χ1n) is 13.2. The second-order valence-electron chi connectivity index (χ2n) is 9.66. The van der Waals surface area contributed by atoms with Gasteiger partial charge < -0.3 is 10.5 Å². The van der Waals surface area contributed by atoms with E-state index in [9.17, 15) is 13.6 Å². The van der Waals surface area contributed by atoms with Crippen LogP contribution in [0.4, 0.5) is 8.78 Å². The van der Waals surface area contributed by atoms with E-state index in [0.717, 1.165) is 17.4 Å². The minimum atomic E-state index is -0.448. The minimum absolute atomic E-state index is 0.0675. The van der Waals surface area contributed by atoms with E-state index < -0.39 is 11.6 Å². The van der Waals surface area contributed by atoms with Gasteiger partial charge in [0.2, 0.25) is 5.91 Å². The molecule has 202 valence electrons. The number of hydrogen-bond acceptors (Lipinski definition) is 3. The van der Waals surface area contributed by atoms with Crippen LogP contribution < -0.4 is 10.5 Å². The van der Waals surface area contributed by atoms with Crippen molar-refractivity contribution >= 4 is 5.91 Å². The Morgan fingerprint density at radius 2 is 1.49 bits per heavy atom. The molecule has 0 aliphatic carbocycles. The van der Waals surface area contributed by atoms with Crippen molar-refractivity contribution in [3.63, 3.8) is 0 Å². The lowest BCUT2D eigenvalue weighted by atomic mass is 9.90. The Morgan fingerprint density at radius 3 is 2.10 bits per heavy atom. The number of carbonyl (C=O) groups is 1. The molecule has 0 heterocycles. The molecule has 0 saturated carbocycles. The third kappa shape index (κ3) is 8.76. The molecule has 0 bridgehead atoms. The van der Waals surface area contributed by atoms with Gasteiger partial charge in [-0.1, -0.05) is 72.8 Å². The molecule has 0 aromatic heterocycles. The second kappa shape index (κ2) is 14.2. The summed E-state index contributed by atoms with van der Waals surface area (Å²) in [7, 11) is 0. The maximum Gasteiger partial charge on any atom is 0.217 e. The SMILES string of the molecule is NC(=O)CCc1ccc(OCCCN(Cc2cc(F)ccc2F)CC(c2ccccc2)c2ccccc2)cc1. The standard InChI is InChI=1S/C33H34F2N2O2/c34-29-15-18-32(35)28(22-29)23-37(20-7-21-39-30-16-12-25(13-17-30)14-19-33(36)38)24-31(26-8-3-1-4-9-26)27-10-5-2-6-11-27/h1-6,8-13,15-18,22,31H,7,14,19-21,23-24H2,(H2,36,38). The highest BCUT2D eigenvalue weighted by atomic mass is 19.1. The van der Waals surface area contributed by atoms with Crippen molar-refractivity contribution in [1.29, 1.82) is 0 Å². The predicted molar refractivity (Wildman–Crippen MR) is 150 cm³/mol. The van der Waals surface area contributed by atoms with Crippen LogP contribution in [0.15, 0.2) is 103 Å². The van der Waals surface area contributed by atoms with E-state index in [1.807, 2.05) is 60.7 Å². The highest BCUT2D eigenvalue weighted by Gasteiger charge is 2.20. The van der Waals surface area contributed by atoms with Gasteiger partial charge in [0.05, 0.1) is 6.61 Å². The summed E-state index contributed by atoms with van der Waals surface area (Å²) in [5.74, 6) is -0.369. The number of ether oxygens (including phenoxy) is 1. The van der Waals surface area contributed by atoms with E-state index in [1.54, 1.807) is 0 Å². The predicted octanol–water partition coefficient (Wildman–Crippen LogP) is 6.49. The van der Waals surface area contributed by atoms with E-state index >= 15 is 0 Å². The molecule has 0 saturated heterocycles. The Balaban J connectivity index is 1.45. The average Bonchev–Trinajstić information content (AvgIpc) is 2.96. The van der Waals surface area contributed by atoms with Crippen molar-refractivity contribution in [3.8, 4) is 5.75 Å². The highest BCUT2D eigenvalue weighted by molar-refractivity contribution is 5.74.